The first-order chi connectivity index (χ1) is 9.47. The van der Waals surface area contributed by atoms with Crippen molar-refractivity contribution in [3.05, 3.63) is 41.6 Å². The number of hydrogen-bond donors (Lipinski definition) is 3. The van der Waals surface area contributed by atoms with E-state index in [1.54, 1.807) is 0 Å². The Balaban J connectivity index is 2.06. The Hall–Kier alpha value is -1.56. The second kappa shape index (κ2) is 6.26. The molecule has 0 aliphatic carbocycles. The smallest absolute Gasteiger partial charge is 0.202 e. The fraction of sp³-hybridized carbons (Fsp3) is 0.357. The number of aliphatic imine (C=N–C) groups is 1. The minimum Gasteiger partial charge on any atom is -0.333 e. The zero-order valence-corrected chi connectivity index (χ0v) is 12.5. The van der Waals surface area contributed by atoms with Gasteiger partial charge in [-0.05, 0) is 38.4 Å². The van der Waals surface area contributed by atoms with E-state index in [1.807, 2.05) is 50.6 Å². The topological polar surface area (TPSA) is 65.7 Å². The third kappa shape index (κ3) is 4.23. The van der Waals surface area contributed by atoms with Gasteiger partial charge in [-0.3, -0.25) is 0 Å². The minimum atomic E-state index is -0.684. The standard InChI is InChI=1S/C14H20ClN5/c1-20(2)9-7-14(16)6-8-17-13(19-14)18-12-5-3-4-11(15)10-12/h3-6,8,10H,7,9,16H2,1-2H3,(H2,17,18,19). The zero-order chi connectivity index (χ0) is 14.6. The predicted molar refractivity (Wildman–Crippen MR) is 84.9 cm³/mol. The second-order valence-corrected chi connectivity index (χ2v) is 5.55. The molecule has 108 valence electrons. The van der Waals surface area contributed by atoms with Gasteiger partial charge in [0.25, 0.3) is 0 Å². The molecule has 1 aromatic carbocycles. The molecular weight excluding hydrogens is 274 g/mol. The molecule has 0 aromatic heterocycles. The highest BCUT2D eigenvalue weighted by molar-refractivity contribution is 6.30. The van der Waals surface area contributed by atoms with Crippen molar-refractivity contribution in [2.45, 2.75) is 12.1 Å². The number of rotatable bonds is 4. The van der Waals surface area contributed by atoms with Gasteiger partial charge in [-0.15, -0.1) is 0 Å². The third-order valence-corrected chi connectivity index (χ3v) is 3.19. The van der Waals surface area contributed by atoms with Gasteiger partial charge in [0, 0.05) is 29.9 Å². The molecule has 1 aromatic rings. The molecule has 0 amide bonds. The van der Waals surface area contributed by atoms with E-state index >= 15 is 0 Å². The number of benzene rings is 1. The van der Waals surface area contributed by atoms with Gasteiger partial charge in [0.15, 0.2) is 0 Å². The average molecular weight is 294 g/mol. The van der Waals surface area contributed by atoms with Gasteiger partial charge >= 0.3 is 0 Å². The highest BCUT2D eigenvalue weighted by Gasteiger charge is 2.24. The van der Waals surface area contributed by atoms with Crippen LogP contribution < -0.4 is 16.4 Å². The van der Waals surface area contributed by atoms with Gasteiger partial charge < -0.3 is 21.3 Å². The first-order valence-electron chi connectivity index (χ1n) is 6.47. The molecule has 1 atom stereocenters. The van der Waals surface area contributed by atoms with Crippen molar-refractivity contribution in [2.24, 2.45) is 10.7 Å². The van der Waals surface area contributed by atoms with E-state index in [4.69, 9.17) is 17.3 Å². The van der Waals surface area contributed by atoms with Gasteiger partial charge in [0.1, 0.15) is 5.66 Å². The summed E-state index contributed by atoms with van der Waals surface area (Å²) in [7, 11) is 4.03. The van der Waals surface area contributed by atoms with E-state index in [-0.39, 0.29) is 0 Å². The fourth-order valence-electron chi connectivity index (χ4n) is 1.85. The number of anilines is 1. The Labute approximate surface area is 124 Å². The monoisotopic (exact) mass is 293 g/mol. The molecule has 2 rings (SSSR count). The summed E-state index contributed by atoms with van der Waals surface area (Å²) in [5.41, 5.74) is 6.46. The van der Waals surface area contributed by atoms with Crippen LogP contribution in [0.1, 0.15) is 6.42 Å². The van der Waals surface area contributed by atoms with Crippen molar-refractivity contribution in [3.63, 3.8) is 0 Å². The normalized spacial score (nSPS) is 21.6. The highest BCUT2D eigenvalue weighted by Crippen LogP contribution is 2.17. The lowest BCUT2D eigenvalue weighted by Crippen LogP contribution is -2.45. The summed E-state index contributed by atoms with van der Waals surface area (Å²) in [5.74, 6) is 0.621. The van der Waals surface area contributed by atoms with E-state index < -0.39 is 5.66 Å². The largest absolute Gasteiger partial charge is 0.333 e. The van der Waals surface area contributed by atoms with Gasteiger partial charge in [-0.2, -0.15) is 0 Å². The maximum atomic E-state index is 6.27. The molecule has 0 spiro atoms. The second-order valence-electron chi connectivity index (χ2n) is 5.12. The Morgan fingerprint density at radius 2 is 2.25 bits per heavy atom. The van der Waals surface area contributed by atoms with Crippen LogP contribution in [0.5, 0.6) is 0 Å². The lowest BCUT2D eigenvalue weighted by molar-refractivity contribution is 0.352. The summed E-state index contributed by atoms with van der Waals surface area (Å²) >= 11 is 5.96. The van der Waals surface area contributed by atoms with Crippen molar-refractivity contribution in [1.82, 2.24) is 10.2 Å². The first kappa shape index (κ1) is 14.8. The predicted octanol–water partition coefficient (Wildman–Crippen LogP) is 1.83. The molecule has 1 heterocycles. The number of hydrogen-bond acceptors (Lipinski definition) is 5. The summed E-state index contributed by atoms with van der Waals surface area (Å²) in [4.78, 5) is 6.61. The van der Waals surface area contributed by atoms with Crippen LogP contribution in [0.15, 0.2) is 41.5 Å². The van der Waals surface area contributed by atoms with Crippen LogP contribution >= 0.6 is 11.6 Å². The third-order valence-electron chi connectivity index (χ3n) is 2.96. The molecule has 20 heavy (non-hydrogen) atoms. The van der Waals surface area contributed by atoms with Gasteiger partial charge in [0.05, 0.1) is 0 Å². The Morgan fingerprint density at radius 1 is 1.45 bits per heavy atom. The van der Waals surface area contributed by atoms with E-state index in [1.165, 1.54) is 0 Å². The molecule has 4 N–H and O–H groups in total. The van der Waals surface area contributed by atoms with Crippen molar-refractivity contribution in [2.75, 3.05) is 26.0 Å². The van der Waals surface area contributed by atoms with Crippen molar-refractivity contribution < 1.29 is 0 Å². The first-order valence-corrected chi connectivity index (χ1v) is 6.85. The molecule has 0 fully saturated rings. The fourth-order valence-corrected chi connectivity index (χ4v) is 2.04. The van der Waals surface area contributed by atoms with Crippen molar-refractivity contribution in [1.29, 1.82) is 0 Å². The van der Waals surface area contributed by atoms with E-state index in [0.29, 0.717) is 11.0 Å². The van der Waals surface area contributed by atoms with Gasteiger partial charge in [-0.1, -0.05) is 17.7 Å². The summed E-state index contributed by atoms with van der Waals surface area (Å²) < 4.78 is 0. The Bertz CT molecular complexity index is 526. The molecule has 5 nitrogen and oxygen atoms in total. The summed E-state index contributed by atoms with van der Waals surface area (Å²) in [6, 6.07) is 7.47. The molecule has 0 saturated heterocycles. The van der Waals surface area contributed by atoms with Crippen LogP contribution in [0.3, 0.4) is 0 Å². The van der Waals surface area contributed by atoms with E-state index in [2.05, 4.69) is 20.5 Å². The lowest BCUT2D eigenvalue weighted by atomic mass is 10.1. The maximum absolute atomic E-state index is 6.27. The van der Waals surface area contributed by atoms with Crippen molar-refractivity contribution >= 4 is 23.2 Å². The molecule has 1 aliphatic heterocycles. The average Bonchev–Trinajstić information content (AvgIpc) is 2.37. The van der Waals surface area contributed by atoms with Gasteiger partial charge in [-0.25, -0.2) is 4.99 Å². The number of nitrogens with two attached hydrogens (primary N) is 1. The highest BCUT2D eigenvalue weighted by atomic mass is 35.5. The van der Waals surface area contributed by atoms with Crippen molar-refractivity contribution in [3.8, 4) is 0 Å². The molecule has 0 saturated carbocycles. The van der Waals surface area contributed by atoms with Crippen LogP contribution in [-0.4, -0.2) is 37.2 Å². The van der Waals surface area contributed by atoms with Crippen LogP contribution in [0.2, 0.25) is 5.02 Å². The molecular formula is C14H20ClN5. The Morgan fingerprint density at radius 3 is 2.95 bits per heavy atom. The quantitative estimate of drug-likeness (QED) is 0.792. The number of guanidine groups is 1. The minimum absolute atomic E-state index is 0.621. The molecule has 0 radical (unpaired) electrons. The van der Waals surface area contributed by atoms with E-state index in [0.717, 1.165) is 18.7 Å². The molecule has 1 unspecified atom stereocenters. The SMILES string of the molecule is CN(C)CCC1(N)C=CNC(Nc2cccc(Cl)c2)=N1. The van der Waals surface area contributed by atoms with Crippen LogP contribution in [0, 0.1) is 0 Å². The number of nitrogens with one attached hydrogen (secondary N) is 2. The molecule has 0 bridgehead atoms. The molecule has 1 aliphatic rings. The van der Waals surface area contributed by atoms with E-state index in [9.17, 15) is 0 Å². The van der Waals surface area contributed by atoms with Gasteiger partial charge in [0.2, 0.25) is 5.96 Å². The summed E-state index contributed by atoms with van der Waals surface area (Å²) in [5, 5.41) is 6.90. The maximum Gasteiger partial charge on any atom is 0.202 e. The summed E-state index contributed by atoms with van der Waals surface area (Å²) in [6.45, 7) is 0.870. The van der Waals surface area contributed by atoms with Crippen LogP contribution in [-0.2, 0) is 0 Å². The zero-order valence-electron chi connectivity index (χ0n) is 11.7. The number of halogens is 1. The Kier molecular flexibility index (Phi) is 4.65. The lowest BCUT2D eigenvalue weighted by Gasteiger charge is -2.27. The number of nitrogens with zero attached hydrogens (tertiary/aromatic N) is 2. The summed E-state index contributed by atoms with van der Waals surface area (Å²) in [6.07, 6.45) is 4.44. The molecule has 6 heteroatoms. The van der Waals surface area contributed by atoms with Crippen LogP contribution in [0.4, 0.5) is 5.69 Å². The van der Waals surface area contributed by atoms with Crippen LogP contribution in [0.25, 0.3) is 0 Å².